The Balaban J connectivity index is 2.14. The molecule has 0 spiro atoms. The average Bonchev–Trinajstić information content (AvgIpc) is 2.27. The summed E-state index contributed by atoms with van der Waals surface area (Å²) in [7, 11) is 0. The van der Waals surface area contributed by atoms with Gasteiger partial charge in [0.1, 0.15) is 0 Å². The van der Waals surface area contributed by atoms with Crippen molar-refractivity contribution in [2.24, 2.45) is 17.6 Å². The third kappa shape index (κ3) is 4.62. The maximum atomic E-state index is 11.6. The highest BCUT2D eigenvalue weighted by molar-refractivity contribution is 5.78. The zero-order chi connectivity index (χ0) is 11.1. The second-order valence-corrected chi connectivity index (χ2v) is 4.28. The Morgan fingerprint density at radius 3 is 2.80 bits per heavy atom. The fourth-order valence-corrected chi connectivity index (χ4v) is 1.75. The molecule has 15 heavy (non-hydrogen) atoms. The van der Waals surface area contributed by atoms with Crippen LogP contribution in [0.15, 0.2) is 0 Å². The summed E-state index contributed by atoms with van der Waals surface area (Å²) in [5, 5.41) is 2.99. The standard InChI is InChI=1S/C11H22N2O2/c1-9(2-5-12)11(14)13-8-10-3-6-15-7-4-10/h9-10H,2-8,12H2,1H3,(H,13,14). The minimum atomic E-state index is 0.0369. The molecule has 3 N–H and O–H groups in total. The average molecular weight is 214 g/mol. The number of nitrogens with two attached hydrogens (primary N) is 1. The van der Waals surface area contributed by atoms with Crippen LogP contribution in [-0.2, 0) is 9.53 Å². The molecule has 1 rings (SSSR count). The van der Waals surface area contributed by atoms with Gasteiger partial charge in [0, 0.05) is 25.7 Å². The Kier molecular flexibility index (Phi) is 5.65. The van der Waals surface area contributed by atoms with Crippen molar-refractivity contribution in [2.45, 2.75) is 26.2 Å². The summed E-state index contributed by atoms with van der Waals surface area (Å²) < 4.78 is 5.26. The van der Waals surface area contributed by atoms with E-state index in [0.717, 1.165) is 39.0 Å². The van der Waals surface area contributed by atoms with Gasteiger partial charge in [0.05, 0.1) is 0 Å². The lowest BCUT2D eigenvalue weighted by Crippen LogP contribution is -2.35. The number of amides is 1. The molecule has 0 radical (unpaired) electrons. The van der Waals surface area contributed by atoms with Gasteiger partial charge in [-0.05, 0) is 31.7 Å². The first-order valence-corrected chi connectivity index (χ1v) is 5.79. The number of nitrogens with one attached hydrogen (secondary N) is 1. The van der Waals surface area contributed by atoms with Crippen LogP contribution in [0.25, 0.3) is 0 Å². The highest BCUT2D eigenvalue weighted by atomic mass is 16.5. The zero-order valence-corrected chi connectivity index (χ0v) is 9.50. The van der Waals surface area contributed by atoms with Crippen LogP contribution in [0.5, 0.6) is 0 Å². The van der Waals surface area contributed by atoms with E-state index < -0.39 is 0 Å². The highest BCUT2D eigenvalue weighted by Crippen LogP contribution is 2.13. The molecule has 1 atom stereocenters. The van der Waals surface area contributed by atoms with Crippen molar-refractivity contribution >= 4 is 5.91 Å². The third-order valence-electron chi connectivity index (χ3n) is 2.95. The summed E-state index contributed by atoms with van der Waals surface area (Å²) in [4.78, 5) is 11.6. The van der Waals surface area contributed by atoms with Crippen molar-refractivity contribution in [2.75, 3.05) is 26.3 Å². The van der Waals surface area contributed by atoms with Gasteiger partial charge in [-0.1, -0.05) is 6.92 Å². The van der Waals surface area contributed by atoms with E-state index >= 15 is 0 Å². The van der Waals surface area contributed by atoms with E-state index in [-0.39, 0.29) is 11.8 Å². The van der Waals surface area contributed by atoms with Crippen LogP contribution in [0.2, 0.25) is 0 Å². The second-order valence-electron chi connectivity index (χ2n) is 4.28. The minimum absolute atomic E-state index is 0.0369. The van der Waals surface area contributed by atoms with Gasteiger partial charge in [0.15, 0.2) is 0 Å². The number of ether oxygens (including phenoxy) is 1. The van der Waals surface area contributed by atoms with Crippen LogP contribution in [-0.4, -0.2) is 32.2 Å². The smallest absolute Gasteiger partial charge is 0.222 e. The first kappa shape index (κ1) is 12.5. The fraction of sp³-hybridized carbons (Fsp3) is 0.909. The molecule has 0 aromatic heterocycles. The van der Waals surface area contributed by atoms with E-state index in [2.05, 4.69) is 5.32 Å². The van der Waals surface area contributed by atoms with E-state index in [1.54, 1.807) is 0 Å². The lowest BCUT2D eigenvalue weighted by molar-refractivity contribution is -0.125. The van der Waals surface area contributed by atoms with Crippen molar-refractivity contribution in [1.82, 2.24) is 5.32 Å². The van der Waals surface area contributed by atoms with Crippen molar-refractivity contribution in [3.63, 3.8) is 0 Å². The van der Waals surface area contributed by atoms with Gasteiger partial charge < -0.3 is 15.8 Å². The molecule has 4 nitrogen and oxygen atoms in total. The predicted octanol–water partition coefficient (Wildman–Crippen LogP) is 0.514. The van der Waals surface area contributed by atoms with Crippen LogP contribution < -0.4 is 11.1 Å². The molecule has 0 bridgehead atoms. The van der Waals surface area contributed by atoms with Crippen LogP contribution in [0, 0.1) is 11.8 Å². The topological polar surface area (TPSA) is 64.4 Å². The van der Waals surface area contributed by atoms with E-state index in [0.29, 0.717) is 12.5 Å². The van der Waals surface area contributed by atoms with E-state index in [4.69, 9.17) is 10.5 Å². The summed E-state index contributed by atoms with van der Waals surface area (Å²) in [6.45, 7) is 4.95. The van der Waals surface area contributed by atoms with Gasteiger partial charge in [0.2, 0.25) is 5.91 Å². The first-order valence-electron chi connectivity index (χ1n) is 5.79. The van der Waals surface area contributed by atoms with E-state index in [9.17, 15) is 4.79 Å². The van der Waals surface area contributed by atoms with Crippen LogP contribution in [0.3, 0.4) is 0 Å². The molecule has 1 amide bonds. The molecule has 1 heterocycles. The molecule has 0 saturated carbocycles. The lowest BCUT2D eigenvalue weighted by atomic mass is 10.00. The highest BCUT2D eigenvalue weighted by Gasteiger charge is 2.16. The van der Waals surface area contributed by atoms with E-state index in [1.165, 1.54) is 0 Å². The minimum Gasteiger partial charge on any atom is -0.381 e. The first-order chi connectivity index (χ1) is 7.24. The Morgan fingerprint density at radius 2 is 2.20 bits per heavy atom. The Labute approximate surface area is 91.5 Å². The Hall–Kier alpha value is -0.610. The molecule has 88 valence electrons. The van der Waals surface area contributed by atoms with Crippen molar-refractivity contribution in [1.29, 1.82) is 0 Å². The predicted molar refractivity (Wildman–Crippen MR) is 59.4 cm³/mol. The summed E-state index contributed by atoms with van der Waals surface area (Å²) >= 11 is 0. The molecule has 1 unspecified atom stereocenters. The van der Waals surface area contributed by atoms with Gasteiger partial charge in [-0.3, -0.25) is 4.79 Å². The van der Waals surface area contributed by atoms with Crippen LogP contribution >= 0.6 is 0 Å². The number of carbonyl (C=O) groups excluding carboxylic acids is 1. The zero-order valence-electron chi connectivity index (χ0n) is 9.50. The number of rotatable bonds is 5. The third-order valence-corrected chi connectivity index (χ3v) is 2.95. The summed E-state index contributed by atoms with van der Waals surface area (Å²) in [6, 6.07) is 0. The van der Waals surface area contributed by atoms with Crippen LogP contribution in [0.1, 0.15) is 26.2 Å². The van der Waals surface area contributed by atoms with Crippen molar-refractivity contribution in [3.8, 4) is 0 Å². The molecular weight excluding hydrogens is 192 g/mol. The molecule has 0 aliphatic carbocycles. The number of carbonyl (C=O) groups is 1. The maximum absolute atomic E-state index is 11.6. The number of hydrogen-bond acceptors (Lipinski definition) is 3. The van der Waals surface area contributed by atoms with Gasteiger partial charge in [-0.25, -0.2) is 0 Å². The van der Waals surface area contributed by atoms with Gasteiger partial charge in [0.25, 0.3) is 0 Å². The summed E-state index contributed by atoms with van der Waals surface area (Å²) in [5.41, 5.74) is 5.41. The molecule has 0 aromatic carbocycles. The SMILES string of the molecule is CC(CCN)C(=O)NCC1CCOCC1. The lowest BCUT2D eigenvalue weighted by Gasteiger charge is -2.22. The second kappa shape index (κ2) is 6.80. The molecule has 1 saturated heterocycles. The maximum Gasteiger partial charge on any atom is 0.222 e. The molecular formula is C11H22N2O2. The van der Waals surface area contributed by atoms with Gasteiger partial charge in [-0.15, -0.1) is 0 Å². The van der Waals surface area contributed by atoms with Crippen molar-refractivity contribution in [3.05, 3.63) is 0 Å². The monoisotopic (exact) mass is 214 g/mol. The molecule has 1 aliphatic rings. The number of hydrogen-bond donors (Lipinski definition) is 2. The molecule has 4 heteroatoms. The quantitative estimate of drug-likeness (QED) is 0.701. The summed E-state index contributed by atoms with van der Waals surface area (Å²) in [6.07, 6.45) is 2.89. The fourth-order valence-electron chi connectivity index (χ4n) is 1.75. The Bertz CT molecular complexity index is 191. The molecule has 1 aliphatic heterocycles. The van der Waals surface area contributed by atoms with Crippen LogP contribution in [0.4, 0.5) is 0 Å². The Morgan fingerprint density at radius 1 is 1.53 bits per heavy atom. The van der Waals surface area contributed by atoms with Gasteiger partial charge in [-0.2, -0.15) is 0 Å². The molecule has 0 aromatic rings. The normalized spacial score (nSPS) is 19.9. The largest absolute Gasteiger partial charge is 0.381 e. The van der Waals surface area contributed by atoms with Crippen molar-refractivity contribution < 1.29 is 9.53 Å². The van der Waals surface area contributed by atoms with Gasteiger partial charge >= 0.3 is 0 Å². The molecule has 1 fully saturated rings. The summed E-state index contributed by atoms with van der Waals surface area (Å²) in [5.74, 6) is 0.759. The van der Waals surface area contributed by atoms with E-state index in [1.807, 2.05) is 6.92 Å².